The molecule has 21 heavy (non-hydrogen) atoms. The lowest BCUT2D eigenvalue weighted by Gasteiger charge is -2.46. The second kappa shape index (κ2) is 6.77. The van der Waals surface area contributed by atoms with E-state index in [1.54, 1.807) is 7.11 Å². The molecule has 1 saturated heterocycles. The molecule has 1 atom stereocenters. The van der Waals surface area contributed by atoms with Gasteiger partial charge in [0.25, 0.3) is 0 Å². The fourth-order valence-electron chi connectivity index (χ4n) is 3.66. The van der Waals surface area contributed by atoms with Crippen LogP contribution in [-0.2, 0) is 14.3 Å². The van der Waals surface area contributed by atoms with Crippen LogP contribution in [0, 0.1) is 5.92 Å². The zero-order valence-corrected chi connectivity index (χ0v) is 13.5. The summed E-state index contributed by atoms with van der Waals surface area (Å²) in [6.07, 6.45) is 5.42. The number of ether oxygens (including phenoxy) is 1. The Morgan fingerprint density at radius 1 is 1.29 bits per heavy atom. The average molecular weight is 296 g/mol. The number of nitrogens with zero attached hydrogens (tertiary/aromatic N) is 1. The molecule has 0 bridgehead atoms. The lowest BCUT2D eigenvalue weighted by molar-refractivity contribution is -0.156. The van der Waals surface area contributed by atoms with E-state index < -0.39 is 5.54 Å². The van der Waals surface area contributed by atoms with E-state index in [1.807, 2.05) is 18.7 Å². The molecule has 1 saturated carbocycles. The minimum Gasteiger partial charge on any atom is -0.385 e. The van der Waals surface area contributed by atoms with Crippen molar-refractivity contribution in [2.75, 3.05) is 20.3 Å². The van der Waals surface area contributed by atoms with Crippen molar-refractivity contribution in [3.63, 3.8) is 0 Å². The van der Waals surface area contributed by atoms with Crippen molar-refractivity contribution >= 4 is 11.8 Å². The minimum absolute atomic E-state index is 0.0261. The molecule has 1 unspecified atom stereocenters. The van der Waals surface area contributed by atoms with Crippen LogP contribution in [0.1, 0.15) is 52.4 Å². The summed E-state index contributed by atoms with van der Waals surface area (Å²) in [6, 6.07) is -0.328. The van der Waals surface area contributed by atoms with Crippen molar-refractivity contribution in [1.82, 2.24) is 10.2 Å². The molecule has 1 spiro atoms. The summed E-state index contributed by atoms with van der Waals surface area (Å²) in [5.41, 5.74) is -0.607. The first-order valence-corrected chi connectivity index (χ1v) is 8.14. The third-order valence-electron chi connectivity index (χ3n) is 4.72. The monoisotopic (exact) mass is 296 g/mol. The highest BCUT2D eigenvalue weighted by Crippen LogP contribution is 2.35. The van der Waals surface area contributed by atoms with Gasteiger partial charge in [-0.15, -0.1) is 0 Å². The summed E-state index contributed by atoms with van der Waals surface area (Å²) in [7, 11) is 1.68. The molecule has 1 N–H and O–H groups in total. The van der Waals surface area contributed by atoms with Crippen molar-refractivity contribution in [1.29, 1.82) is 0 Å². The molecule has 2 amide bonds. The molecular weight excluding hydrogens is 268 g/mol. The smallest absolute Gasteiger partial charge is 0.249 e. The van der Waals surface area contributed by atoms with E-state index in [9.17, 15) is 9.59 Å². The summed E-state index contributed by atoms with van der Waals surface area (Å²) in [4.78, 5) is 27.3. The number of carbonyl (C=O) groups excluding carboxylic acids is 2. The van der Waals surface area contributed by atoms with E-state index in [2.05, 4.69) is 5.32 Å². The standard InChI is InChI=1S/C16H28N2O3/c1-12(2)13-14(19)17-16(8-4-5-9-16)15(20)18(13)10-6-7-11-21-3/h12-13H,4-11H2,1-3H3,(H,17,19). The Hall–Kier alpha value is -1.10. The van der Waals surface area contributed by atoms with Crippen molar-refractivity contribution in [2.45, 2.75) is 64.0 Å². The number of methoxy groups -OCH3 is 1. The van der Waals surface area contributed by atoms with Gasteiger partial charge in [-0.1, -0.05) is 26.7 Å². The number of rotatable bonds is 6. The highest BCUT2D eigenvalue weighted by molar-refractivity contribution is 6.00. The van der Waals surface area contributed by atoms with Crippen LogP contribution in [0.4, 0.5) is 0 Å². The van der Waals surface area contributed by atoms with Crippen LogP contribution in [0.25, 0.3) is 0 Å². The van der Waals surface area contributed by atoms with Gasteiger partial charge in [-0.25, -0.2) is 0 Å². The quantitative estimate of drug-likeness (QED) is 0.759. The molecule has 2 aliphatic rings. The van der Waals surface area contributed by atoms with Crippen LogP contribution < -0.4 is 5.32 Å². The molecule has 5 nitrogen and oxygen atoms in total. The van der Waals surface area contributed by atoms with Crippen molar-refractivity contribution in [3.05, 3.63) is 0 Å². The van der Waals surface area contributed by atoms with E-state index in [-0.39, 0.29) is 23.8 Å². The fraction of sp³-hybridized carbons (Fsp3) is 0.875. The average Bonchev–Trinajstić information content (AvgIpc) is 2.89. The number of unbranched alkanes of at least 4 members (excludes halogenated alkanes) is 1. The van der Waals surface area contributed by atoms with Gasteiger partial charge in [0.05, 0.1) is 0 Å². The van der Waals surface area contributed by atoms with E-state index in [1.165, 1.54) is 0 Å². The topological polar surface area (TPSA) is 58.6 Å². The molecule has 0 aromatic rings. The molecule has 5 heteroatoms. The predicted molar refractivity (Wildman–Crippen MR) is 80.8 cm³/mol. The summed E-state index contributed by atoms with van der Waals surface area (Å²) in [5, 5.41) is 3.05. The van der Waals surface area contributed by atoms with E-state index >= 15 is 0 Å². The number of hydrogen-bond donors (Lipinski definition) is 1. The largest absolute Gasteiger partial charge is 0.385 e. The van der Waals surface area contributed by atoms with Gasteiger partial charge in [-0.05, 0) is 31.6 Å². The minimum atomic E-state index is -0.607. The Bertz CT molecular complexity index is 389. The Morgan fingerprint density at radius 3 is 2.52 bits per heavy atom. The molecule has 2 rings (SSSR count). The molecule has 1 aliphatic heterocycles. The maximum absolute atomic E-state index is 13.0. The first-order valence-electron chi connectivity index (χ1n) is 8.14. The van der Waals surface area contributed by atoms with Crippen molar-refractivity contribution in [3.8, 4) is 0 Å². The van der Waals surface area contributed by atoms with Crippen LogP contribution >= 0.6 is 0 Å². The van der Waals surface area contributed by atoms with Crippen LogP contribution in [0.5, 0.6) is 0 Å². The molecule has 2 fully saturated rings. The molecule has 0 aromatic heterocycles. The van der Waals surface area contributed by atoms with Crippen LogP contribution in [0.15, 0.2) is 0 Å². The second-order valence-electron chi connectivity index (χ2n) is 6.67. The number of piperazine rings is 1. The summed E-state index contributed by atoms with van der Waals surface area (Å²) < 4.78 is 5.06. The normalized spacial score (nSPS) is 25.0. The van der Waals surface area contributed by atoms with Crippen LogP contribution in [-0.4, -0.2) is 48.6 Å². The van der Waals surface area contributed by atoms with Crippen LogP contribution in [0.3, 0.4) is 0 Å². The lowest BCUT2D eigenvalue weighted by atomic mass is 9.87. The van der Waals surface area contributed by atoms with E-state index in [0.29, 0.717) is 13.2 Å². The van der Waals surface area contributed by atoms with Gasteiger partial charge in [0.2, 0.25) is 11.8 Å². The Morgan fingerprint density at radius 2 is 1.95 bits per heavy atom. The first-order chi connectivity index (χ1) is 10.0. The van der Waals surface area contributed by atoms with Crippen molar-refractivity contribution in [2.24, 2.45) is 5.92 Å². The molecule has 0 aromatic carbocycles. The van der Waals surface area contributed by atoms with Gasteiger partial charge < -0.3 is 15.0 Å². The number of carbonyl (C=O) groups is 2. The third kappa shape index (κ3) is 3.23. The Kier molecular flexibility index (Phi) is 5.25. The van der Waals surface area contributed by atoms with Crippen molar-refractivity contribution < 1.29 is 14.3 Å². The SMILES string of the molecule is COCCCCN1C(=O)C2(CCCC2)NC(=O)C1C(C)C. The molecule has 120 valence electrons. The fourth-order valence-corrected chi connectivity index (χ4v) is 3.66. The van der Waals surface area contributed by atoms with Gasteiger partial charge in [-0.2, -0.15) is 0 Å². The number of hydrogen-bond acceptors (Lipinski definition) is 3. The van der Waals surface area contributed by atoms with Gasteiger partial charge in [0, 0.05) is 20.3 Å². The zero-order valence-electron chi connectivity index (χ0n) is 13.5. The highest BCUT2D eigenvalue weighted by Gasteiger charge is 2.52. The van der Waals surface area contributed by atoms with Gasteiger partial charge in [0.1, 0.15) is 11.6 Å². The maximum atomic E-state index is 13.0. The number of nitrogens with one attached hydrogen (secondary N) is 1. The predicted octanol–water partition coefficient (Wildman–Crippen LogP) is 1.71. The van der Waals surface area contributed by atoms with Crippen LogP contribution in [0.2, 0.25) is 0 Å². The highest BCUT2D eigenvalue weighted by atomic mass is 16.5. The van der Waals surface area contributed by atoms with E-state index in [4.69, 9.17) is 4.74 Å². The molecule has 1 aliphatic carbocycles. The van der Waals surface area contributed by atoms with Gasteiger partial charge in [0.15, 0.2) is 0 Å². The Balaban J connectivity index is 2.12. The summed E-state index contributed by atoms with van der Waals surface area (Å²) in [6.45, 7) is 5.37. The first kappa shape index (κ1) is 16.3. The molecule has 0 radical (unpaired) electrons. The van der Waals surface area contributed by atoms with E-state index in [0.717, 1.165) is 38.5 Å². The zero-order chi connectivity index (χ0) is 15.5. The second-order valence-corrected chi connectivity index (χ2v) is 6.67. The maximum Gasteiger partial charge on any atom is 0.249 e. The third-order valence-corrected chi connectivity index (χ3v) is 4.72. The summed E-state index contributed by atoms with van der Waals surface area (Å²) >= 11 is 0. The Labute approximate surface area is 127 Å². The van der Waals surface area contributed by atoms with Gasteiger partial charge in [-0.3, -0.25) is 9.59 Å². The molecular formula is C16H28N2O3. The van der Waals surface area contributed by atoms with Gasteiger partial charge >= 0.3 is 0 Å². The lowest BCUT2D eigenvalue weighted by Crippen LogP contribution is -2.70. The molecule has 1 heterocycles. The number of amides is 2. The summed E-state index contributed by atoms with van der Waals surface area (Å²) in [5.74, 6) is 0.295.